The van der Waals surface area contributed by atoms with Crippen molar-refractivity contribution >= 4 is 35.2 Å². The van der Waals surface area contributed by atoms with Gasteiger partial charge in [-0.3, -0.25) is 9.48 Å². The molecule has 16 heteroatoms. The average molecular weight is 644 g/mol. The number of nitrogens with zero attached hydrogens (tertiary/aromatic N) is 6. The van der Waals surface area contributed by atoms with Crippen LogP contribution in [0.15, 0.2) is 35.5 Å². The minimum absolute atomic E-state index is 0. The highest BCUT2D eigenvalue weighted by Crippen LogP contribution is 2.53. The standard InChI is InChI=1S/C27H34F3N7O4S.H2S/c1-17-13-25(3,4)36(14-17)23-19(24(38)34-42(39,40)20-15-35(5)32-18(20)2)7-8-21(31-23)37-12-9-22(33-37)41-16-26(10-6-11-26)27(28,29)30;/h7-9,12,15,17H,6,10-11,13-14,16H2,1-5H3,(H,34,38);1H2/t17-;/m0./s1. The van der Waals surface area contributed by atoms with E-state index in [0.29, 0.717) is 13.0 Å². The predicted octanol–water partition coefficient (Wildman–Crippen LogP) is 4.28. The van der Waals surface area contributed by atoms with E-state index < -0.39 is 39.7 Å². The largest absolute Gasteiger partial charge is 0.476 e. The molecule has 2 fully saturated rings. The summed E-state index contributed by atoms with van der Waals surface area (Å²) in [7, 11) is -2.64. The van der Waals surface area contributed by atoms with Crippen LogP contribution in [-0.4, -0.2) is 63.7 Å². The minimum Gasteiger partial charge on any atom is -0.476 e. The average Bonchev–Trinajstić information content (AvgIpc) is 3.53. The van der Waals surface area contributed by atoms with Crippen molar-refractivity contribution in [3.05, 3.63) is 41.9 Å². The molecule has 3 aromatic heterocycles. The summed E-state index contributed by atoms with van der Waals surface area (Å²) < 4.78 is 77.0. The van der Waals surface area contributed by atoms with Crippen LogP contribution >= 0.6 is 13.5 Å². The van der Waals surface area contributed by atoms with Gasteiger partial charge in [-0.1, -0.05) is 13.3 Å². The van der Waals surface area contributed by atoms with Gasteiger partial charge in [-0.15, -0.1) is 5.10 Å². The molecular weight excluding hydrogens is 607 g/mol. The molecule has 5 rings (SSSR count). The number of sulfonamides is 1. The fraction of sp³-hybridized carbons (Fsp3) is 0.556. The van der Waals surface area contributed by atoms with E-state index in [2.05, 4.69) is 21.8 Å². The van der Waals surface area contributed by atoms with Crippen LogP contribution in [0.5, 0.6) is 5.88 Å². The molecule has 11 nitrogen and oxygen atoms in total. The molecule has 1 aliphatic carbocycles. The van der Waals surface area contributed by atoms with Crippen LogP contribution in [-0.2, 0) is 17.1 Å². The summed E-state index contributed by atoms with van der Waals surface area (Å²) in [5.74, 6) is -0.0121. The Balaban J connectivity index is 0.00000423. The number of nitrogens with one attached hydrogen (secondary N) is 1. The van der Waals surface area contributed by atoms with Crippen molar-refractivity contribution in [2.75, 3.05) is 18.1 Å². The molecule has 0 spiro atoms. The van der Waals surface area contributed by atoms with E-state index in [1.165, 1.54) is 46.9 Å². The summed E-state index contributed by atoms with van der Waals surface area (Å²) in [6, 6.07) is 4.41. The quantitative estimate of drug-likeness (QED) is 0.386. The van der Waals surface area contributed by atoms with E-state index in [4.69, 9.17) is 9.72 Å². The van der Waals surface area contributed by atoms with Gasteiger partial charge in [0.2, 0.25) is 5.88 Å². The Kier molecular flexibility index (Phi) is 8.61. The molecule has 4 heterocycles. The smallest absolute Gasteiger partial charge is 0.397 e. The number of hydrogen-bond acceptors (Lipinski definition) is 8. The number of hydrogen-bond donors (Lipinski definition) is 1. The van der Waals surface area contributed by atoms with Crippen molar-refractivity contribution in [2.45, 2.75) is 70.0 Å². The Morgan fingerprint density at radius 2 is 1.88 bits per heavy atom. The SMILES string of the molecule is Cc1nn(C)cc1S(=O)(=O)NC(=O)c1ccc(-n2ccc(OCC3(C(F)(F)F)CCC3)n2)nc1N1C[C@@H](C)CC1(C)C.S. The predicted molar refractivity (Wildman–Crippen MR) is 157 cm³/mol. The first-order valence-corrected chi connectivity index (χ1v) is 15.1. The third-order valence-electron chi connectivity index (χ3n) is 8.13. The molecule has 1 amide bonds. The first kappa shape index (κ1) is 32.6. The second-order valence-corrected chi connectivity index (χ2v) is 13.6. The lowest BCUT2D eigenvalue weighted by Crippen LogP contribution is -2.48. The zero-order valence-electron chi connectivity index (χ0n) is 24.6. The van der Waals surface area contributed by atoms with Crippen molar-refractivity contribution in [3.63, 3.8) is 0 Å². The molecule has 1 N–H and O–H groups in total. The van der Waals surface area contributed by atoms with Crippen molar-refractivity contribution in [1.29, 1.82) is 0 Å². The third-order valence-corrected chi connectivity index (χ3v) is 9.56. The summed E-state index contributed by atoms with van der Waals surface area (Å²) in [6.45, 7) is 7.69. The highest BCUT2D eigenvalue weighted by molar-refractivity contribution is 7.90. The van der Waals surface area contributed by atoms with E-state index in [9.17, 15) is 26.4 Å². The van der Waals surface area contributed by atoms with E-state index in [-0.39, 0.29) is 65.9 Å². The molecular formula is C27H36F3N7O4S2. The number of alkyl halides is 3. The maximum Gasteiger partial charge on any atom is 0.397 e. The van der Waals surface area contributed by atoms with Gasteiger partial charge in [0, 0.05) is 37.6 Å². The maximum atomic E-state index is 13.5. The van der Waals surface area contributed by atoms with E-state index in [0.717, 1.165) is 6.42 Å². The molecule has 236 valence electrons. The number of aryl methyl sites for hydroxylation is 2. The van der Waals surface area contributed by atoms with Crippen molar-refractivity contribution in [2.24, 2.45) is 18.4 Å². The molecule has 3 aromatic rings. The molecule has 0 radical (unpaired) electrons. The molecule has 1 aliphatic heterocycles. The number of ether oxygens (including phenoxy) is 1. The Bertz CT molecular complexity index is 1610. The fourth-order valence-corrected chi connectivity index (χ4v) is 7.00. The van der Waals surface area contributed by atoms with Gasteiger partial charge in [0.05, 0.1) is 11.3 Å². The van der Waals surface area contributed by atoms with E-state index in [1.54, 1.807) is 7.05 Å². The van der Waals surface area contributed by atoms with E-state index >= 15 is 0 Å². The summed E-state index contributed by atoms with van der Waals surface area (Å²) in [5, 5.41) is 8.32. The number of halogens is 3. The molecule has 0 aromatic carbocycles. The first-order chi connectivity index (χ1) is 19.5. The van der Waals surface area contributed by atoms with Gasteiger partial charge >= 0.3 is 6.18 Å². The number of rotatable bonds is 8. The van der Waals surface area contributed by atoms with Gasteiger partial charge < -0.3 is 9.64 Å². The van der Waals surface area contributed by atoms with Crippen LogP contribution in [0.2, 0.25) is 0 Å². The number of amides is 1. The molecule has 0 unspecified atom stereocenters. The number of aromatic nitrogens is 5. The zero-order chi connectivity index (χ0) is 30.7. The number of pyridine rings is 1. The van der Waals surface area contributed by atoms with Gasteiger partial charge in [0.15, 0.2) is 5.82 Å². The maximum absolute atomic E-state index is 13.5. The highest BCUT2D eigenvalue weighted by Gasteiger charge is 2.59. The number of anilines is 1. The fourth-order valence-electron chi connectivity index (χ4n) is 5.82. The van der Waals surface area contributed by atoms with E-state index in [1.807, 2.05) is 18.7 Å². The number of carbonyl (C=O) groups is 1. The summed E-state index contributed by atoms with van der Waals surface area (Å²) >= 11 is 0. The molecule has 1 atom stereocenters. The van der Waals surface area contributed by atoms with Crippen LogP contribution in [0.4, 0.5) is 19.0 Å². The molecule has 2 aliphatic rings. The topological polar surface area (TPSA) is 124 Å². The summed E-state index contributed by atoms with van der Waals surface area (Å²) in [4.78, 5) is 20.0. The molecule has 0 bridgehead atoms. The van der Waals surface area contributed by atoms with Crippen molar-refractivity contribution in [1.82, 2.24) is 29.3 Å². The zero-order valence-corrected chi connectivity index (χ0v) is 26.4. The van der Waals surface area contributed by atoms with Gasteiger partial charge in [0.1, 0.15) is 22.7 Å². The number of carbonyl (C=O) groups excluding carboxylic acids is 1. The lowest BCUT2D eigenvalue weighted by Gasteiger charge is -2.42. The Morgan fingerprint density at radius 1 is 1.19 bits per heavy atom. The second kappa shape index (κ2) is 11.3. The molecule has 1 saturated carbocycles. The normalized spacial score (nSPS) is 19.4. The Morgan fingerprint density at radius 3 is 2.42 bits per heavy atom. The molecule has 43 heavy (non-hydrogen) atoms. The monoisotopic (exact) mass is 643 g/mol. The van der Waals surface area contributed by atoms with Gasteiger partial charge in [-0.05, 0) is 58.1 Å². The lowest BCUT2D eigenvalue weighted by atomic mass is 9.69. The third kappa shape index (κ3) is 6.21. The second-order valence-electron chi connectivity index (χ2n) is 12.0. The Hall–Kier alpha value is -3.27. The Labute approximate surface area is 255 Å². The van der Waals surface area contributed by atoms with Gasteiger partial charge in [-0.2, -0.15) is 31.8 Å². The van der Waals surface area contributed by atoms with Gasteiger partial charge in [-0.25, -0.2) is 22.8 Å². The van der Waals surface area contributed by atoms with Crippen molar-refractivity contribution < 1.29 is 31.1 Å². The minimum atomic E-state index is -4.36. The lowest BCUT2D eigenvalue weighted by molar-refractivity contribution is -0.259. The summed E-state index contributed by atoms with van der Waals surface area (Å²) in [5.41, 5.74) is -1.96. The highest BCUT2D eigenvalue weighted by atomic mass is 32.2. The van der Waals surface area contributed by atoms with Crippen LogP contribution in [0.3, 0.4) is 0 Å². The molecule has 1 saturated heterocycles. The van der Waals surface area contributed by atoms with Crippen LogP contribution in [0.25, 0.3) is 5.82 Å². The first-order valence-electron chi connectivity index (χ1n) is 13.6. The van der Waals surface area contributed by atoms with Crippen LogP contribution in [0, 0.1) is 18.3 Å². The van der Waals surface area contributed by atoms with Crippen LogP contribution < -0.4 is 14.4 Å². The van der Waals surface area contributed by atoms with Gasteiger partial charge in [0.25, 0.3) is 15.9 Å². The summed E-state index contributed by atoms with van der Waals surface area (Å²) in [6.07, 6.45) is -0.180. The van der Waals surface area contributed by atoms with Crippen molar-refractivity contribution in [3.8, 4) is 11.7 Å². The van der Waals surface area contributed by atoms with Crippen LogP contribution in [0.1, 0.15) is 62.5 Å².